The number of nitrogens with one attached hydrogen (secondary N) is 2. The number of benzene rings is 1. The van der Waals surface area contributed by atoms with Crippen LogP contribution in [0.4, 0.5) is 5.82 Å². The number of hydrogen-bond donors (Lipinski definition) is 3. The van der Waals surface area contributed by atoms with Crippen LogP contribution in [-0.2, 0) is 17.8 Å². The second-order valence-electron chi connectivity index (χ2n) is 11.0. The van der Waals surface area contributed by atoms with Crippen molar-refractivity contribution in [1.82, 2.24) is 25.1 Å². The summed E-state index contributed by atoms with van der Waals surface area (Å²) < 4.78 is 0. The van der Waals surface area contributed by atoms with Gasteiger partial charge in [-0.25, -0.2) is 9.97 Å². The van der Waals surface area contributed by atoms with E-state index in [9.17, 15) is 14.7 Å². The van der Waals surface area contributed by atoms with Crippen molar-refractivity contribution in [3.8, 4) is 0 Å². The van der Waals surface area contributed by atoms with Crippen molar-refractivity contribution in [3.63, 3.8) is 0 Å². The van der Waals surface area contributed by atoms with Crippen LogP contribution in [0.5, 0.6) is 0 Å². The molecule has 3 N–H and O–H groups in total. The minimum Gasteiger partial charge on any atom is -0.390 e. The number of aliphatic hydroxyl groups is 1. The smallest absolute Gasteiger partial charge is 0.270 e. The van der Waals surface area contributed by atoms with E-state index in [4.69, 9.17) is 0 Å². The quantitative estimate of drug-likeness (QED) is 0.491. The SMILES string of the molecule is O=C(NC[C@H](O)CN1CCc2ccccc2C1)c1cc(N[C@H]2CC[C@H](C(=O)N3CCCCC3)CC2)ncn1. The van der Waals surface area contributed by atoms with Gasteiger partial charge in [0.25, 0.3) is 5.91 Å². The number of anilines is 1. The zero-order chi connectivity index (χ0) is 26.3. The maximum Gasteiger partial charge on any atom is 0.270 e. The molecule has 0 radical (unpaired) electrons. The van der Waals surface area contributed by atoms with E-state index in [1.54, 1.807) is 6.07 Å². The Morgan fingerprint density at radius 2 is 1.76 bits per heavy atom. The van der Waals surface area contributed by atoms with Crippen LogP contribution >= 0.6 is 0 Å². The molecule has 3 heterocycles. The molecule has 2 fully saturated rings. The van der Waals surface area contributed by atoms with Gasteiger partial charge in [-0.2, -0.15) is 0 Å². The number of aliphatic hydroxyl groups excluding tert-OH is 1. The third-order valence-electron chi connectivity index (χ3n) is 8.17. The molecular formula is C29H40N6O3. The number of carbonyl (C=O) groups excluding carboxylic acids is 2. The lowest BCUT2D eigenvalue weighted by Gasteiger charge is -2.34. The first-order valence-electron chi connectivity index (χ1n) is 14.2. The number of piperidine rings is 1. The summed E-state index contributed by atoms with van der Waals surface area (Å²) in [6, 6.07) is 10.3. The summed E-state index contributed by atoms with van der Waals surface area (Å²) in [5.74, 6) is 0.748. The van der Waals surface area contributed by atoms with Gasteiger partial charge in [0.1, 0.15) is 17.8 Å². The van der Waals surface area contributed by atoms with Gasteiger partial charge in [0.05, 0.1) is 6.10 Å². The Bertz CT molecular complexity index is 1100. The van der Waals surface area contributed by atoms with Crippen molar-refractivity contribution in [1.29, 1.82) is 0 Å². The Balaban J connectivity index is 1.05. The molecule has 2 aliphatic heterocycles. The number of hydrogen-bond acceptors (Lipinski definition) is 7. The fourth-order valence-electron chi connectivity index (χ4n) is 6.00. The molecule has 0 bridgehead atoms. The highest BCUT2D eigenvalue weighted by atomic mass is 16.3. The molecule has 2 aromatic rings. The Morgan fingerprint density at radius 1 is 1.00 bits per heavy atom. The summed E-state index contributed by atoms with van der Waals surface area (Å²) >= 11 is 0. The van der Waals surface area contributed by atoms with Crippen molar-refractivity contribution < 1.29 is 14.7 Å². The fourth-order valence-corrected chi connectivity index (χ4v) is 6.00. The second kappa shape index (κ2) is 12.7. The summed E-state index contributed by atoms with van der Waals surface area (Å²) in [4.78, 5) is 38.3. The topological polar surface area (TPSA) is 111 Å². The minimum absolute atomic E-state index is 0.129. The zero-order valence-corrected chi connectivity index (χ0v) is 22.1. The highest BCUT2D eigenvalue weighted by Gasteiger charge is 2.30. The highest BCUT2D eigenvalue weighted by molar-refractivity contribution is 5.92. The van der Waals surface area contributed by atoms with Gasteiger partial charge in [-0.05, 0) is 62.5 Å². The molecule has 38 heavy (non-hydrogen) atoms. The number of carbonyl (C=O) groups is 2. The Hall–Kier alpha value is -3.04. The molecular weight excluding hydrogens is 480 g/mol. The maximum absolute atomic E-state index is 12.8. The molecule has 1 aliphatic carbocycles. The predicted molar refractivity (Wildman–Crippen MR) is 146 cm³/mol. The van der Waals surface area contributed by atoms with E-state index in [0.29, 0.717) is 18.3 Å². The van der Waals surface area contributed by atoms with Crippen molar-refractivity contribution in [2.75, 3.05) is 38.0 Å². The van der Waals surface area contributed by atoms with Crippen LogP contribution in [-0.4, -0.2) is 81.6 Å². The average Bonchev–Trinajstić information content (AvgIpc) is 2.96. The molecule has 0 unspecified atom stereocenters. The van der Waals surface area contributed by atoms with Crippen LogP contribution in [0.15, 0.2) is 36.7 Å². The number of β-amino-alcohol motifs (C(OH)–C–C–N with tert-alkyl or cyclic N) is 1. The van der Waals surface area contributed by atoms with E-state index < -0.39 is 6.10 Å². The number of amides is 2. The lowest BCUT2D eigenvalue weighted by Crippen LogP contribution is -2.42. The summed E-state index contributed by atoms with van der Waals surface area (Å²) in [5.41, 5.74) is 2.95. The van der Waals surface area contributed by atoms with E-state index in [-0.39, 0.29) is 30.1 Å². The normalized spacial score (nSPS) is 22.8. The van der Waals surface area contributed by atoms with Crippen molar-refractivity contribution in [3.05, 3.63) is 53.5 Å². The van der Waals surface area contributed by atoms with Crippen LogP contribution in [0.25, 0.3) is 0 Å². The van der Waals surface area contributed by atoms with Gasteiger partial charge in [0, 0.05) is 57.3 Å². The number of rotatable bonds is 8. The first kappa shape index (κ1) is 26.6. The van der Waals surface area contributed by atoms with Gasteiger partial charge in [-0.1, -0.05) is 24.3 Å². The van der Waals surface area contributed by atoms with Gasteiger partial charge in [-0.15, -0.1) is 0 Å². The maximum atomic E-state index is 12.8. The molecule has 1 saturated heterocycles. The third kappa shape index (κ3) is 6.88. The second-order valence-corrected chi connectivity index (χ2v) is 11.0. The molecule has 9 nitrogen and oxygen atoms in total. The van der Waals surface area contributed by atoms with E-state index in [2.05, 4.69) is 48.6 Å². The number of likely N-dealkylation sites (tertiary alicyclic amines) is 1. The average molecular weight is 521 g/mol. The lowest BCUT2D eigenvalue weighted by molar-refractivity contribution is -0.137. The molecule has 1 aromatic carbocycles. The third-order valence-corrected chi connectivity index (χ3v) is 8.17. The first-order valence-corrected chi connectivity index (χ1v) is 14.2. The monoisotopic (exact) mass is 520 g/mol. The molecule has 1 aromatic heterocycles. The number of nitrogens with zero attached hydrogens (tertiary/aromatic N) is 4. The zero-order valence-electron chi connectivity index (χ0n) is 22.1. The summed E-state index contributed by atoms with van der Waals surface area (Å²) in [5, 5.41) is 16.8. The standard InChI is InChI=1S/C29H40N6O3/c36-25(19-34-15-12-21-6-2-3-7-23(21)18-34)17-30-28(37)26-16-27(32-20-31-26)33-24-10-8-22(9-11-24)29(38)35-13-4-1-5-14-35/h2-3,6-7,16,20,22,24-25,36H,1,4-5,8-15,17-19H2,(H,30,37)(H,31,32,33)/t22-,24-,25-/m0/s1. The van der Waals surface area contributed by atoms with Gasteiger partial charge < -0.3 is 20.6 Å². The highest BCUT2D eigenvalue weighted by Crippen LogP contribution is 2.28. The van der Waals surface area contributed by atoms with Crippen molar-refractivity contribution in [2.45, 2.75) is 70.1 Å². The van der Waals surface area contributed by atoms with Crippen LogP contribution < -0.4 is 10.6 Å². The van der Waals surface area contributed by atoms with Crippen LogP contribution in [0.2, 0.25) is 0 Å². The molecule has 0 spiro atoms. The van der Waals surface area contributed by atoms with Crippen LogP contribution in [0, 0.1) is 5.92 Å². The molecule has 204 valence electrons. The Labute approximate surface area is 225 Å². The molecule has 2 amide bonds. The minimum atomic E-state index is -0.661. The van der Waals surface area contributed by atoms with Crippen molar-refractivity contribution >= 4 is 17.6 Å². The Morgan fingerprint density at radius 3 is 2.55 bits per heavy atom. The first-order chi connectivity index (χ1) is 18.5. The van der Waals surface area contributed by atoms with Crippen LogP contribution in [0.1, 0.15) is 66.6 Å². The molecule has 9 heteroatoms. The van der Waals surface area contributed by atoms with Gasteiger partial charge >= 0.3 is 0 Å². The molecule has 1 atom stereocenters. The summed E-state index contributed by atoms with van der Waals surface area (Å²) in [6.45, 7) is 4.21. The number of fused-ring (bicyclic) bond motifs is 1. The van der Waals surface area contributed by atoms with Gasteiger partial charge in [-0.3, -0.25) is 14.5 Å². The number of aromatic nitrogens is 2. The molecule has 1 saturated carbocycles. The fraction of sp³-hybridized carbons (Fsp3) is 0.586. The van der Waals surface area contributed by atoms with Crippen molar-refractivity contribution in [2.24, 2.45) is 5.92 Å². The molecule has 5 rings (SSSR count). The van der Waals surface area contributed by atoms with E-state index in [0.717, 1.165) is 71.1 Å². The summed E-state index contributed by atoms with van der Waals surface area (Å²) in [6.07, 6.45) is 8.76. The molecule has 3 aliphatic rings. The largest absolute Gasteiger partial charge is 0.390 e. The van der Waals surface area contributed by atoms with Gasteiger partial charge in [0.2, 0.25) is 5.91 Å². The van der Waals surface area contributed by atoms with E-state index in [1.807, 2.05) is 6.07 Å². The van der Waals surface area contributed by atoms with E-state index >= 15 is 0 Å². The predicted octanol–water partition coefficient (Wildman–Crippen LogP) is 2.61. The van der Waals surface area contributed by atoms with Crippen LogP contribution in [0.3, 0.4) is 0 Å². The Kier molecular flexibility index (Phi) is 8.86. The van der Waals surface area contributed by atoms with E-state index in [1.165, 1.54) is 23.9 Å². The lowest BCUT2D eigenvalue weighted by atomic mass is 9.85. The van der Waals surface area contributed by atoms with Gasteiger partial charge in [0.15, 0.2) is 0 Å². The summed E-state index contributed by atoms with van der Waals surface area (Å²) in [7, 11) is 0.